The fourth-order valence-corrected chi connectivity index (χ4v) is 1.95. The molecule has 0 saturated heterocycles. The molecule has 0 N–H and O–H groups in total. The van der Waals surface area contributed by atoms with E-state index in [1.165, 1.54) is 32.1 Å². The van der Waals surface area contributed by atoms with Gasteiger partial charge in [-0.25, -0.2) is 0 Å². The van der Waals surface area contributed by atoms with Crippen molar-refractivity contribution in [3.63, 3.8) is 0 Å². The van der Waals surface area contributed by atoms with Gasteiger partial charge in [0.1, 0.15) is 0 Å². The molecule has 0 atom stereocenters. The summed E-state index contributed by atoms with van der Waals surface area (Å²) < 4.78 is 0. The third-order valence-corrected chi connectivity index (χ3v) is 2.78. The van der Waals surface area contributed by atoms with Crippen LogP contribution >= 0.6 is 0 Å². The van der Waals surface area contributed by atoms with Gasteiger partial charge in [0.15, 0.2) is 0 Å². The number of nitrogens with zero attached hydrogens (tertiary/aromatic N) is 1. The van der Waals surface area contributed by atoms with Crippen LogP contribution in [0.4, 0.5) is 0 Å². The zero-order chi connectivity index (χ0) is 9.52. The first-order chi connectivity index (χ1) is 6.36. The van der Waals surface area contributed by atoms with Crippen LogP contribution in [-0.4, -0.2) is 0 Å². The van der Waals surface area contributed by atoms with Gasteiger partial charge in [0.2, 0.25) is 0 Å². The maximum absolute atomic E-state index is 8.89. The van der Waals surface area contributed by atoms with Crippen molar-refractivity contribution in [3.8, 4) is 6.07 Å². The second-order valence-corrected chi connectivity index (χ2v) is 3.95. The highest BCUT2D eigenvalue weighted by Gasteiger charge is 2.12. The Labute approximate surface area is 81.5 Å². The van der Waals surface area contributed by atoms with E-state index < -0.39 is 0 Å². The van der Waals surface area contributed by atoms with Gasteiger partial charge in [0.05, 0.1) is 6.07 Å². The van der Waals surface area contributed by atoms with E-state index in [9.17, 15) is 0 Å². The topological polar surface area (TPSA) is 23.8 Å². The van der Waals surface area contributed by atoms with Crippen LogP contribution in [0.25, 0.3) is 0 Å². The van der Waals surface area contributed by atoms with Crippen molar-refractivity contribution in [2.75, 3.05) is 0 Å². The maximum Gasteiger partial charge on any atom is 0.0943 e. The van der Waals surface area contributed by atoms with Gasteiger partial charge in [-0.05, 0) is 31.6 Å². The van der Waals surface area contributed by atoms with Gasteiger partial charge in [-0.3, -0.25) is 0 Å². The molecule has 0 spiro atoms. The van der Waals surface area contributed by atoms with Crippen LogP contribution in [0.2, 0.25) is 0 Å². The van der Waals surface area contributed by atoms with E-state index in [0.717, 1.165) is 18.4 Å². The van der Waals surface area contributed by atoms with Crippen LogP contribution in [0, 0.1) is 17.2 Å². The summed E-state index contributed by atoms with van der Waals surface area (Å²) in [6.07, 6.45) is 10.9. The molecule has 0 radical (unpaired) electrons. The number of rotatable bonds is 4. The van der Waals surface area contributed by atoms with Crippen LogP contribution in [-0.2, 0) is 0 Å². The second kappa shape index (κ2) is 5.80. The standard InChI is InChI=1S/C12H19N/c1-2-3-6-12(10-13)9-11-7-4-5-8-11/h9,11H,2-8H2,1H3/b12-9+. The molecule has 0 amide bonds. The molecule has 0 aromatic carbocycles. The summed E-state index contributed by atoms with van der Waals surface area (Å²) in [5.41, 5.74) is 1.02. The van der Waals surface area contributed by atoms with Crippen molar-refractivity contribution in [3.05, 3.63) is 11.6 Å². The lowest BCUT2D eigenvalue weighted by molar-refractivity contribution is 0.674. The van der Waals surface area contributed by atoms with E-state index in [1.807, 2.05) is 0 Å². The summed E-state index contributed by atoms with van der Waals surface area (Å²) in [4.78, 5) is 0. The zero-order valence-electron chi connectivity index (χ0n) is 8.55. The molecule has 13 heavy (non-hydrogen) atoms. The van der Waals surface area contributed by atoms with Crippen LogP contribution in [0.3, 0.4) is 0 Å². The molecule has 1 saturated carbocycles. The van der Waals surface area contributed by atoms with Crippen molar-refractivity contribution >= 4 is 0 Å². The lowest BCUT2D eigenvalue weighted by atomic mass is 10.0. The third kappa shape index (κ3) is 3.63. The minimum atomic E-state index is 0.714. The fraction of sp³-hybridized carbons (Fsp3) is 0.750. The number of nitriles is 1. The Bertz CT molecular complexity index is 204. The van der Waals surface area contributed by atoms with Gasteiger partial charge in [0.25, 0.3) is 0 Å². The zero-order valence-corrected chi connectivity index (χ0v) is 8.55. The smallest absolute Gasteiger partial charge is 0.0943 e. The molecule has 1 heteroatoms. The molecule has 0 aromatic heterocycles. The van der Waals surface area contributed by atoms with Crippen LogP contribution in [0.1, 0.15) is 51.9 Å². The molecule has 1 fully saturated rings. The highest BCUT2D eigenvalue weighted by Crippen LogP contribution is 2.27. The average molecular weight is 177 g/mol. The summed E-state index contributed by atoms with van der Waals surface area (Å²) in [5.74, 6) is 0.714. The Morgan fingerprint density at radius 3 is 2.69 bits per heavy atom. The minimum absolute atomic E-state index is 0.714. The van der Waals surface area contributed by atoms with Crippen LogP contribution < -0.4 is 0 Å². The summed E-state index contributed by atoms with van der Waals surface area (Å²) in [7, 11) is 0. The summed E-state index contributed by atoms with van der Waals surface area (Å²) in [6.45, 7) is 2.17. The first-order valence-corrected chi connectivity index (χ1v) is 5.47. The molecular formula is C12H19N. The Kier molecular flexibility index (Phi) is 4.60. The van der Waals surface area contributed by atoms with Crippen molar-refractivity contribution in [2.45, 2.75) is 51.9 Å². The van der Waals surface area contributed by atoms with Gasteiger partial charge >= 0.3 is 0 Å². The Balaban J connectivity index is 2.39. The molecule has 0 aliphatic heterocycles. The number of unbranched alkanes of at least 4 members (excludes halogenated alkanes) is 1. The highest BCUT2D eigenvalue weighted by atomic mass is 14.3. The molecule has 0 bridgehead atoms. The summed E-state index contributed by atoms with van der Waals surface area (Å²) in [6, 6.07) is 2.32. The number of allylic oxidation sites excluding steroid dienone is 2. The largest absolute Gasteiger partial charge is 0.193 e. The molecule has 1 rings (SSSR count). The molecule has 0 aromatic rings. The molecule has 1 aliphatic carbocycles. The van der Waals surface area contributed by atoms with E-state index in [4.69, 9.17) is 5.26 Å². The first-order valence-electron chi connectivity index (χ1n) is 5.47. The van der Waals surface area contributed by atoms with E-state index >= 15 is 0 Å². The minimum Gasteiger partial charge on any atom is -0.193 e. The predicted molar refractivity (Wildman–Crippen MR) is 55.2 cm³/mol. The fourth-order valence-electron chi connectivity index (χ4n) is 1.95. The Morgan fingerprint density at radius 1 is 1.46 bits per heavy atom. The monoisotopic (exact) mass is 177 g/mol. The van der Waals surface area contributed by atoms with Crippen LogP contribution in [0.5, 0.6) is 0 Å². The van der Waals surface area contributed by atoms with Gasteiger partial charge in [0, 0.05) is 5.57 Å². The van der Waals surface area contributed by atoms with Gasteiger partial charge in [-0.2, -0.15) is 5.26 Å². The SMILES string of the molecule is CCCC/C(C#N)=C\C1CCCC1. The van der Waals surface area contributed by atoms with Crippen molar-refractivity contribution in [2.24, 2.45) is 5.92 Å². The Morgan fingerprint density at radius 2 is 2.15 bits per heavy atom. The highest BCUT2D eigenvalue weighted by molar-refractivity contribution is 5.21. The van der Waals surface area contributed by atoms with Crippen molar-refractivity contribution in [1.29, 1.82) is 5.26 Å². The third-order valence-electron chi connectivity index (χ3n) is 2.78. The molecule has 0 heterocycles. The van der Waals surface area contributed by atoms with Gasteiger partial charge in [-0.15, -0.1) is 0 Å². The summed E-state index contributed by atoms with van der Waals surface area (Å²) in [5, 5.41) is 8.89. The van der Waals surface area contributed by atoms with Crippen molar-refractivity contribution < 1.29 is 0 Å². The molecule has 72 valence electrons. The second-order valence-electron chi connectivity index (χ2n) is 3.95. The molecule has 1 nitrogen and oxygen atoms in total. The molecular weight excluding hydrogens is 158 g/mol. The lowest BCUT2D eigenvalue weighted by Gasteiger charge is -2.03. The number of hydrogen-bond acceptors (Lipinski definition) is 1. The normalized spacial score (nSPS) is 18.9. The average Bonchev–Trinajstić information content (AvgIpc) is 2.64. The quantitative estimate of drug-likeness (QED) is 0.599. The maximum atomic E-state index is 8.89. The summed E-state index contributed by atoms with van der Waals surface area (Å²) >= 11 is 0. The van der Waals surface area contributed by atoms with E-state index in [2.05, 4.69) is 19.1 Å². The van der Waals surface area contributed by atoms with E-state index in [0.29, 0.717) is 5.92 Å². The first kappa shape index (κ1) is 10.3. The lowest BCUT2D eigenvalue weighted by Crippen LogP contribution is -1.90. The molecule has 0 unspecified atom stereocenters. The van der Waals surface area contributed by atoms with E-state index in [1.54, 1.807) is 0 Å². The van der Waals surface area contributed by atoms with Crippen molar-refractivity contribution in [1.82, 2.24) is 0 Å². The number of hydrogen-bond donors (Lipinski definition) is 0. The Hall–Kier alpha value is -0.770. The molecule has 1 aliphatic rings. The predicted octanol–water partition coefficient (Wildman–Crippen LogP) is 3.82. The van der Waals surface area contributed by atoms with E-state index in [-0.39, 0.29) is 0 Å². The van der Waals surface area contributed by atoms with Gasteiger partial charge < -0.3 is 0 Å². The van der Waals surface area contributed by atoms with Crippen LogP contribution in [0.15, 0.2) is 11.6 Å². The van der Waals surface area contributed by atoms with Gasteiger partial charge in [-0.1, -0.05) is 32.3 Å².